The van der Waals surface area contributed by atoms with Crippen LogP contribution in [0.5, 0.6) is 0 Å². The van der Waals surface area contributed by atoms with Crippen LogP contribution in [0, 0.1) is 24.7 Å². The summed E-state index contributed by atoms with van der Waals surface area (Å²) in [5.41, 5.74) is -0.489. The van der Waals surface area contributed by atoms with Crippen molar-refractivity contribution in [1.29, 1.82) is 0 Å². The third-order valence-corrected chi connectivity index (χ3v) is 5.19. The van der Waals surface area contributed by atoms with E-state index in [1.54, 1.807) is 26.0 Å². The molecule has 0 amide bonds. The minimum Gasteiger partial charge on any atom is -0.465 e. The normalized spacial score (nSPS) is 12.4. The smallest absolute Gasteiger partial charge is 0.324 e. The van der Waals surface area contributed by atoms with E-state index in [1.165, 1.54) is 0 Å². The summed E-state index contributed by atoms with van der Waals surface area (Å²) >= 11 is 0. The van der Waals surface area contributed by atoms with E-state index in [9.17, 15) is 13.8 Å². The van der Waals surface area contributed by atoms with Gasteiger partial charge in [0.25, 0.3) is 0 Å². The van der Waals surface area contributed by atoms with Crippen molar-refractivity contribution in [3.05, 3.63) is 42.0 Å². The first-order valence-electron chi connectivity index (χ1n) is 8.79. The van der Waals surface area contributed by atoms with Gasteiger partial charge in [0, 0.05) is 17.1 Å². The van der Waals surface area contributed by atoms with Crippen LogP contribution in [0.2, 0.25) is 0 Å². The number of allylic oxidation sites excluding steroid dienone is 1. The van der Waals surface area contributed by atoms with E-state index < -0.39 is 28.2 Å². The fourth-order valence-electron chi connectivity index (χ4n) is 2.41. The van der Waals surface area contributed by atoms with Crippen LogP contribution < -0.4 is 0 Å². The Labute approximate surface area is 163 Å². The molecule has 0 aliphatic rings. The van der Waals surface area contributed by atoms with E-state index in [4.69, 9.17) is 15.9 Å². The largest absolute Gasteiger partial charge is 0.465 e. The van der Waals surface area contributed by atoms with Crippen LogP contribution in [0.1, 0.15) is 32.3 Å². The Morgan fingerprint density at radius 1 is 1.11 bits per heavy atom. The fourth-order valence-corrected chi connectivity index (χ4v) is 3.35. The van der Waals surface area contributed by atoms with Crippen molar-refractivity contribution in [2.24, 2.45) is 5.41 Å². The van der Waals surface area contributed by atoms with Crippen LogP contribution in [-0.2, 0) is 29.9 Å². The van der Waals surface area contributed by atoms with Crippen LogP contribution in [0.25, 0.3) is 0 Å². The molecule has 1 unspecified atom stereocenters. The van der Waals surface area contributed by atoms with Crippen molar-refractivity contribution < 1.29 is 23.3 Å². The quantitative estimate of drug-likeness (QED) is 0.266. The van der Waals surface area contributed by atoms with Crippen molar-refractivity contribution in [3.8, 4) is 12.3 Å². The fraction of sp³-hybridized carbons (Fsp3) is 0.429. The molecule has 0 bridgehead atoms. The third kappa shape index (κ3) is 6.37. The lowest BCUT2D eigenvalue weighted by Crippen LogP contribution is -2.41. The molecule has 1 aromatic rings. The predicted octanol–water partition coefficient (Wildman–Crippen LogP) is 3.18. The molecule has 0 spiro atoms. The summed E-state index contributed by atoms with van der Waals surface area (Å²) in [5, 5.41) is 0. The number of carbonyl (C=O) groups excluding carboxylic acids is 2. The van der Waals surface area contributed by atoms with Crippen molar-refractivity contribution in [1.82, 2.24) is 0 Å². The van der Waals surface area contributed by atoms with Gasteiger partial charge in [-0.1, -0.05) is 29.8 Å². The minimum atomic E-state index is -1.58. The molecule has 146 valence electrons. The van der Waals surface area contributed by atoms with Gasteiger partial charge in [0.2, 0.25) is 0 Å². The Morgan fingerprint density at radius 2 is 1.67 bits per heavy atom. The number of hydrogen-bond donors (Lipinski definition) is 0. The average Bonchev–Trinajstić information content (AvgIpc) is 2.65. The van der Waals surface area contributed by atoms with Crippen molar-refractivity contribution >= 4 is 22.7 Å². The van der Waals surface area contributed by atoms with Gasteiger partial charge in [-0.25, -0.2) is 0 Å². The molecule has 0 aliphatic heterocycles. The maximum absolute atomic E-state index is 12.4. The van der Waals surface area contributed by atoms with Gasteiger partial charge in [-0.05, 0) is 39.3 Å². The van der Waals surface area contributed by atoms with E-state index in [0.717, 1.165) is 10.5 Å². The molecular weight excluding hydrogens is 364 g/mol. The lowest BCUT2D eigenvalue weighted by atomic mass is 9.81. The Kier molecular flexibility index (Phi) is 9.52. The first kappa shape index (κ1) is 22.7. The molecule has 27 heavy (non-hydrogen) atoms. The van der Waals surface area contributed by atoms with Gasteiger partial charge in [-0.15, -0.1) is 12.3 Å². The molecule has 1 rings (SSSR count). The molecule has 0 aliphatic carbocycles. The number of carbonyl (C=O) groups is 2. The highest BCUT2D eigenvalue weighted by Crippen LogP contribution is 2.31. The maximum Gasteiger partial charge on any atom is 0.324 e. The summed E-state index contributed by atoms with van der Waals surface area (Å²) in [5.74, 6) is 1.23. The summed E-state index contributed by atoms with van der Waals surface area (Å²) in [6, 6.07) is 7.44. The molecule has 0 radical (unpaired) electrons. The summed E-state index contributed by atoms with van der Waals surface area (Å²) in [7, 11) is -1.21. The molecule has 6 heteroatoms. The highest BCUT2D eigenvalue weighted by Gasteiger charge is 2.47. The topological polar surface area (TPSA) is 69.7 Å². The molecule has 1 aromatic carbocycles. The summed E-state index contributed by atoms with van der Waals surface area (Å²) in [4.78, 5) is 25.6. The Bertz CT molecular complexity index is 710. The Hall–Kier alpha value is -2.39. The highest BCUT2D eigenvalue weighted by molar-refractivity contribution is 7.85. The van der Waals surface area contributed by atoms with Crippen LogP contribution in [0.4, 0.5) is 0 Å². The van der Waals surface area contributed by atoms with Crippen LogP contribution in [0.3, 0.4) is 0 Å². The monoisotopic (exact) mass is 390 g/mol. The molecule has 0 N–H and O–H groups in total. The molecule has 0 fully saturated rings. The number of hydrogen-bond acceptors (Lipinski definition) is 5. The zero-order valence-electron chi connectivity index (χ0n) is 16.0. The van der Waals surface area contributed by atoms with Crippen molar-refractivity contribution in [2.75, 3.05) is 19.0 Å². The number of ether oxygens (including phenoxy) is 2. The lowest BCUT2D eigenvalue weighted by molar-refractivity contribution is -0.171. The van der Waals surface area contributed by atoms with Crippen molar-refractivity contribution in [2.45, 2.75) is 38.5 Å². The third-order valence-electron chi connectivity index (χ3n) is 3.90. The molecule has 1 atom stereocenters. The van der Waals surface area contributed by atoms with Gasteiger partial charge in [-0.2, -0.15) is 0 Å². The Morgan fingerprint density at radius 3 is 2.15 bits per heavy atom. The lowest BCUT2D eigenvalue weighted by Gasteiger charge is -2.26. The van der Waals surface area contributed by atoms with Gasteiger partial charge in [0.1, 0.15) is 0 Å². The second-order valence-corrected chi connectivity index (χ2v) is 7.40. The van der Waals surface area contributed by atoms with E-state index in [0.29, 0.717) is 0 Å². The SMILES string of the molecule is C#CCC(C/C=C/CS(=O)c1ccc(C)cc1)(C(=O)OCC)C(=O)OCC. The standard InChI is InChI=1S/C21H26O5S/c1-5-14-21(19(22)25-6-2,20(23)26-7-3)15-8-9-16-27(24)18-12-10-17(4)11-13-18/h1,8-13H,6-7,14-16H2,2-4H3/b9-8+. The molecular formula is C21H26O5S. The molecule has 0 aromatic heterocycles. The second-order valence-electron chi connectivity index (χ2n) is 5.90. The average molecular weight is 391 g/mol. The Balaban J connectivity index is 2.91. The minimum absolute atomic E-state index is 0.0277. The zero-order chi connectivity index (χ0) is 20.3. The van der Waals surface area contributed by atoms with Gasteiger partial charge < -0.3 is 9.47 Å². The first-order valence-corrected chi connectivity index (χ1v) is 10.1. The summed E-state index contributed by atoms with van der Waals surface area (Å²) in [6.07, 6.45) is 8.60. The van der Waals surface area contributed by atoms with Crippen LogP contribution >= 0.6 is 0 Å². The van der Waals surface area contributed by atoms with E-state index in [1.807, 2.05) is 31.2 Å². The predicted molar refractivity (Wildman–Crippen MR) is 105 cm³/mol. The number of benzene rings is 1. The van der Waals surface area contributed by atoms with Crippen LogP contribution in [0.15, 0.2) is 41.3 Å². The van der Waals surface area contributed by atoms with Gasteiger partial charge in [-0.3, -0.25) is 13.8 Å². The number of terminal acetylenes is 1. The number of esters is 2. The zero-order valence-corrected chi connectivity index (χ0v) is 16.8. The summed E-state index contributed by atoms with van der Waals surface area (Å²) in [6.45, 7) is 5.54. The van der Waals surface area contributed by atoms with Crippen molar-refractivity contribution in [3.63, 3.8) is 0 Å². The molecule has 0 heterocycles. The number of rotatable bonds is 10. The molecule has 0 saturated heterocycles. The maximum atomic E-state index is 12.4. The second kappa shape index (κ2) is 11.3. The van der Waals surface area contributed by atoms with Gasteiger partial charge in [0.05, 0.1) is 24.0 Å². The van der Waals surface area contributed by atoms with E-state index in [-0.39, 0.29) is 31.8 Å². The highest BCUT2D eigenvalue weighted by atomic mass is 32.2. The first-order chi connectivity index (χ1) is 12.9. The summed E-state index contributed by atoms with van der Waals surface area (Å²) < 4.78 is 22.4. The van der Waals surface area contributed by atoms with Crippen LogP contribution in [-0.4, -0.2) is 35.1 Å². The number of aryl methyl sites for hydroxylation is 1. The van der Waals surface area contributed by atoms with Gasteiger partial charge in [0.15, 0.2) is 5.41 Å². The van der Waals surface area contributed by atoms with E-state index in [2.05, 4.69) is 5.92 Å². The molecule has 5 nitrogen and oxygen atoms in total. The van der Waals surface area contributed by atoms with E-state index >= 15 is 0 Å². The van der Waals surface area contributed by atoms with Gasteiger partial charge >= 0.3 is 11.9 Å². The molecule has 0 saturated carbocycles.